The zero-order valence-corrected chi connectivity index (χ0v) is 14.3. The molecule has 118 valence electrons. The first kappa shape index (κ1) is 16.3. The van der Waals surface area contributed by atoms with E-state index < -0.39 is 0 Å². The Bertz CT molecular complexity index is 280. The molecule has 0 aromatic heterocycles. The summed E-state index contributed by atoms with van der Waals surface area (Å²) in [5.74, 6) is 0.981. The molecule has 0 bridgehead atoms. The summed E-state index contributed by atoms with van der Waals surface area (Å²) in [7, 11) is 2.36. The molecule has 0 aromatic rings. The van der Waals surface area contributed by atoms with Crippen molar-refractivity contribution in [3.8, 4) is 0 Å². The van der Waals surface area contributed by atoms with Crippen molar-refractivity contribution in [3.05, 3.63) is 0 Å². The van der Waals surface area contributed by atoms with E-state index in [1.807, 2.05) is 0 Å². The van der Waals surface area contributed by atoms with Crippen LogP contribution in [0.25, 0.3) is 0 Å². The van der Waals surface area contributed by atoms with Gasteiger partial charge in [-0.15, -0.1) is 0 Å². The van der Waals surface area contributed by atoms with Gasteiger partial charge in [0.15, 0.2) is 0 Å². The van der Waals surface area contributed by atoms with Gasteiger partial charge in [0.1, 0.15) is 0 Å². The Morgan fingerprint density at radius 3 is 2.20 bits per heavy atom. The van der Waals surface area contributed by atoms with Crippen molar-refractivity contribution < 1.29 is 0 Å². The van der Waals surface area contributed by atoms with Crippen molar-refractivity contribution in [1.82, 2.24) is 10.2 Å². The summed E-state index contributed by atoms with van der Waals surface area (Å²) >= 11 is 0. The summed E-state index contributed by atoms with van der Waals surface area (Å²) in [6, 6.07) is 0. The number of hydrogen-bond acceptors (Lipinski definition) is 2. The SMILES string of the molecule is CN(CC1CCCC1)CC1(CNC(C)(C)C)CCCC1. The molecule has 0 aliphatic heterocycles. The van der Waals surface area contributed by atoms with Gasteiger partial charge in [0.05, 0.1) is 0 Å². The molecule has 2 rings (SSSR count). The summed E-state index contributed by atoms with van der Waals surface area (Å²) < 4.78 is 0. The van der Waals surface area contributed by atoms with Gasteiger partial charge in [-0.3, -0.25) is 0 Å². The topological polar surface area (TPSA) is 15.3 Å². The van der Waals surface area contributed by atoms with E-state index in [2.05, 4.69) is 38.0 Å². The van der Waals surface area contributed by atoms with Crippen LogP contribution in [0.1, 0.15) is 72.1 Å². The van der Waals surface area contributed by atoms with E-state index in [9.17, 15) is 0 Å². The van der Waals surface area contributed by atoms with Crippen LogP contribution in [0.5, 0.6) is 0 Å². The zero-order valence-electron chi connectivity index (χ0n) is 14.3. The lowest BCUT2D eigenvalue weighted by atomic mass is 9.84. The highest BCUT2D eigenvalue weighted by Crippen LogP contribution is 2.39. The van der Waals surface area contributed by atoms with Gasteiger partial charge in [-0.2, -0.15) is 0 Å². The van der Waals surface area contributed by atoms with E-state index in [0.717, 1.165) is 5.92 Å². The van der Waals surface area contributed by atoms with E-state index in [1.54, 1.807) is 0 Å². The molecule has 0 heterocycles. The third-order valence-electron chi connectivity index (χ3n) is 5.31. The summed E-state index contributed by atoms with van der Waals surface area (Å²) in [5.41, 5.74) is 0.792. The van der Waals surface area contributed by atoms with E-state index in [-0.39, 0.29) is 5.54 Å². The normalized spacial score (nSPS) is 23.9. The second kappa shape index (κ2) is 6.79. The molecule has 0 saturated heterocycles. The van der Waals surface area contributed by atoms with E-state index in [0.29, 0.717) is 5.41 Å². The molecule has 20 heavy (non-hydrogen) atoms. The quantitative estimate of drug-likeness (QED) is 0.789. The molecule has 0 unspecified atom stereocenters. The third kappa shape index (κ3) is 5.04. The zero-order chi connectivity index (χ0) is 14.6. The van der Waals surface area contributed by atoms with Gasteiger partial charge in [0.2, 0.25) is 0 Å². The van der Waals surface area contributed by atoms with Crippen LogP contribution in [0.3, 0.4) is 0 Å². The van der Waals surface area contributed by atoms with Gasteiger partial charge in [-0.25, -0.2) is 0 Å². The number of hydrogen-bond donors (Lipinski definition) is 1. The maximum absolute atomic E-state index is 3.78. The monoisotopic (exact) mass is 280 g/mol. The van der Waals surface area contributed by atoms with Crippen LogP contribution < -0.4 is 5.32 Å². The van der Waals surface area contributed by atoms with Gasteiger partial charge in [0.25, 0.3) is 0 Å². The van der Waals surface area contributed by atoms with Crippen LogP contribution in [0.15, 0.2) is 0 Å². The third-order valence-corrected chi connectivity index (χ3v) is 5.31. The molecule has 0 atom stereocenters. The molecular formula is C18H36N2. The predicted octanol–water partition coefficient (Wildman–Crippen LogP) is 4.06. The number of rotatable bonds is 6. The van der Waals surface area contributed by atoms with Crippen LogP contribution in [0.4, 0.5) is 0 Å². The van der Waals surface area contributed by atoms with E-state index in [4.69, 9.17) is 0 Å². The fourth-order valence-electron chi connectivity index (χ4n) is 4.24. The maximum atomic E-state index is 3.78. The van der Waals surface area contributed by atoms with Crippen molar-refractivity contribution in [1.29, 1.82) is 0 Å². The highest BCUT2D eigenvalue weighted by molar-refractivity contribution is 4.91. The lowest BCUT2D eigenvalue weighted by Gasteiger charge is -2.37. The second-order valence-electron chi connectivity index (χ2n) is 8.66. The second-order valence-corrected chi connectivity index (χ2v) is 8.66. The molecule has 2 fully saturated rings. The molecular weight excluding hydrogens is 244 g/mol. The number of nitrogens with one attached hydrogen (secondary N) is 1. The average molecular weight is 281 g/mol. The fourth-order valence-corrected chi connectivity index (χ4v) is 4.24. The Balaban J connectivity index is 1.84. The summed E-state index contributed by atoms with van der Waals surface area (Å²) in [6.07, 6.45) is 11.6. The first-order chi connectivity index (χ1) is 9.39. The number of nitrogens with zero attached hydrogens (tertiary/aromatic N) is 1. The van der Waals surface area contributed by atoms with Crippen LogP contribution in [-0.2, 0) is 0 Å². The van der Waals surface area contributed by atoms with Gasteiger partial charge in [0, 0.05) is 25.2 Å². The lowest BCUT2D eigenvalue weighted by Crippen LogP contribution is -2.47. The average Bonchev–Trinajstić information content (AvgIpc) is 2.98. The smallest absolute Gasteiger partial charge is 0.00967 e. The Morgan fingerprint density at radius 2 is 1.65 bits per heavy atom. The minimum atomic E-state index is 0.250. The van der Waals surface area contributed by atoms with Crippen LogP contribution >= 0.6 is 0 Å². The summed E-state index contributed by atoms with van der Waals surface area (Å²) in [4.78, 5) is 2.64. The van der Waals surface area contributed by atoms with Crippen molar-refractivity contribution in [2.24, 2.45) is 11.3 Å². The molecule has 2 aliphatic carbocycles. The predicted molar refractivity (Wildman–Crippen MR) is 88.1 cm³/mol. The van der Waals surface area contributed by atoms with Crippen LogP contribution in [0, 0.1) is 11.3 Å². The van der Waals surface area contributed by atoms with Gasteiger partial charge >= 0.3 is 0 Å². The highest BCUT2D eigenvalue weighted by Gasteiger charge is 2.36. The highest BCUT2D eigenvalue weighted by atomic mass is 15.1. The first-order valence-electron chi connectivity index (χ1n) is 8.82. The first-order valence-corrected chi connectivity index (χ1v) is 8.82. The Hall–Kier alpha value is -0.0800. The van der Waals surface area contributed by atoms with Crippen molar-refractivity contribution >= 4 is 0 Å². The molecule has 0 spiro atoms. The molecule has 2 nitrogen and oxygen atoms in total. The summed E-state index contributed by atoms with van der Waals surface area (Å²) in [5, 5.41) is 3.78. The largest absolute Gasteiger partial charge is 0.311 e. The fraction of sp³-hybridized carbons (Fsp3) is 1.00. The van der Waals surface area contributed by atoms with Crippen LogP contribution in [-0.4, -0.2) is 37.1 Å². The minimum absolute atomic E-state index is 0.250. The maximum Gasteiger partial charge on any atom is 0.00967 e. The summed E-state index contributed by atoms with van der Waals surface area (Å²) in [6.45, 7) is 10.7. The molecule has 0 aromatic carbocycles. The molecule has 1 N–H and O–H groups in total. The molecule has 0 amide bonds. The Morgan fingerprint density at radius 1 is 1.05 bits per heavy atom. The van der Waals surface area contributed by atoms with E-state index >= 15 is 0 Å². The minimum Gasteiger partial charge on any atom is -0.311 e. The van der Waals surface area contributed by atoms with Crippen molar-refractivity contribution in [3.63, 3.8) is 0 Å². The van der Waals surface area contributed by atoms with Crippen LogP contribution in [0.2, 0.25) is 0 Å². The van der Waals surface area contributed by atoms with Gasteiger partial charge in [-0.05, 0) is 64.8 Å². The molecule has 2 saturated carbocycles. The standard InChI is InChI=1S/C18H36N2/c1-17(2,3)19-14-18(11-7-8-12-18)15-20(4)13-16-9-5-6-10-16/h16,19H,5-15H2,1-4H3. The van der Waals surface area contributed by atoms with Gasteiger partial charge < -0.3 is 10.2 Å². The van der Waals surface area contributed by atoms with Gasteiger partial charge in [-0.1, -0.05) is 25.7 Å². The Labute approximate surface area is 126 Å². The molecule has 0 radical (unpaired) electrons. The molecule has 2 aliphatic rings. The lowest BCUT2D eigenvalue weighted by molar-refractivity contribution is 0.147. The molecule has 2 heteroatoms. The Kier molecular flexibility index (Phi) is 5.53. The van der Waals surface area contributed by atoms with E-state index in [1.165, 1.54) is 71.0 Å². The van der Waals surface area contributed by atoms with Crippen molar-refractivity contribution in [2.45, 2.75) is 77.7 Å². The van der Waals surface area contributed by atoms with Crippen molar-refractivity contribution in [2.75, 3.05) is 26.7 Å².